The quantitative estimate of drug-likeness (QED) is 0.643. The second-order valence-corrected chi connectivity index (χ2v) is 9.25. The van der Waals surface area contributed by atoms with Crippen molar-refractivity contribution < 1.29 is 10.2 Å². The number of allylic oxidation sites excluding steroid dienone is 5. The van der Waals surface area contributed by atoms with Crippen LogP contribution in [-0.2, 0) is 0 Å². The normalized spacial score (nSPS) is 40.4. The van der Waals surface area contributed by atoms with E-state index in [4.69, 9.17) is 0 Å². The Morgan fingerprint density at radius 1 is 1.23 bits per heavy atom. The SMILES string of the molecule is C=C1/C(=C\C=C2/CCC[C@]3(C)/C(=C(\C)C(C)C)CC[C@@H]23)C[C@@H](O)C[C@@H]1O. The smallest absolute Gasteiger partial charge is 0.0811 e. The molecule has 0 aromatic heterocycles. The van der Waals surface area contributed by atoms with Crippen molar-refractivity contribution in [2.45, 2.75) is 84.8 Å². The number of aliphatic hydroxyl groups excluding tert-OH is 2. The molecule has 0 radical (unpaired) electrons. The first-order chi connectivity index (χ1) is 12.2. The van der Waals surface area contributed by atoms with Gasteiger partial charge in [0.1, 0.15) is 0 Å². The first kappa shape index (κ1) is 19.6. The summed E-state index contributed by atoms with van der Waals surface area (Å²) >= 11 is 0. The zero-order valence-electron chi connectivity index (χ0n) is 17.0. The summed E-state index contributed by atoms with van der Waals surface area (Å²) in [6.07, 6.45) is 10.6. The van der Waals surface area contributed by atoms with Crippen LogP contribution in [-0.4, -0.2) is 22.4 Å². The highest BCUT2D eigenvalue weighted by Crippen LogP contribution is 2.58. The summed E-state index contributed by atoms with van der Waals surface area (Å²) in [5.41, 5.74) is 6.99. The minimum atomic E-state index is -0.602. The number of fused-ring (bicyclic) bond motifs is 1. The molecule has 3 aliphatic carbocycles. The van der Waals surface area contributed by atoms with Gasteiger partial charge in [0.15, 0.2) is 0 Å². The third-order valence-corrected chi connectivity index (χ3v) is 7.36. The summed E-state index contributed by atoms with van der Waals surface area (Å²) in [6, 6.07) is 0. The van der Waals surface area contributed by atoms with Gasteiger partial charge in [-0.2, -0.15) is 0 Å². The maximum atomic E-state index is 10.1. The molecule has 0 bridgehead atoms. The number of hydrogen-bond acceptors (Lipinski definition) is 2. The van der Waals surface area contributed by atoms with Crippen molar-refractivity contribution in [3.8, 4) is 0 Å². The second kappa shape index (κ2) is 7.48. The van der Waals surface area contributed by atoms with Gasteiger partial charge in [-0.25, -0.2) is 0 Å². The van der Waals surface area contributed by atoms with Crippen LogP contribution in [0.3, 0.4) is 0 Å². The first-order valence-electron chi connectivity index (χ1n) is 10.4. The molecule has 0 saturated heterocycles. The summed E-state index contributed by atoms with van der Waals surface area (Å²) in [4.78, 5) is 0. The molecule has 3 saturated carbocycles. The van der Waals surface area contributed by atoms with E-state index in [2.05, 4.69) is 46.4 Å². The molecule has 3 rings (SSSR count). The summed E-state index contributed by atoms with van der Waals surface area (Å²) in [5.74, 6) is 1.27. The Hall–Kier alpha value is -1.12. The zero-order valence-corrected chi connectivity index (χ0v) is 17.0. The molecule has 0 amide bonds. The lowest BCUT2D eigenvalue weighted by Crippen LogP contribution is -2.30. The van der Waals surface area contributed by atoms with Crippen LogP contribution in [0.2, 0.25) is 0 Å². The van der Waals surface area contributed by atoms with Crippen LogP contribution in [0.15, 0.2) is 46.6 Å². The Labute approximate surface area is 159 Å². The van der Waals surface area contributed by atoms with Gasteiger partial charge in [0.05, 0.1) is 12.2 Å². The predicted octanol–water partition coefficient (Wildman–Crippen LogP) is 5.48. The molecule has 0 aromatic carbocycles. The van der Waals surface area contributed by atoms with Gasteiger partial charge in [0.25, 0.3) is 0 Å². The predicted molar refractivity (Wildman–Crippen MR) is 109 cm³/mol. The number of aliphatic hydroxyl groups is 2. The minimum Gasteiger partial charge on any atom is -0.393 e. The molecular weight excluding hydrogens is 320 g/mol. The van der Waals surface area contributed by atoms with E-state index in [9.17, 15) is 10.2 Å². The van der Waals surface area contributed by atoms with E-state index < -0.39 is 12.2 Å². The summed E-state index contributed by atoms with van der Waals surface area (Å²) < 4.78 is 0. The Balaban J connectivity index is 1.88. The highest BCUT2D eigenvalue weighted by atomic mass is 16.3. The molecule has 2 nitrogen and oxygen atoms in total. The van der Waals surface area contributed by atoms with E-state index in [1.54, 1.807) is 16.7 Å². The lowest BCUT2D eigenvalue weighted by Gasteiger charge is -2.40. The Morgan fingerprint density at radius 3 is 2.65 bits per heavy atom. The van der Waals surface area contributed by atoms with Crippen molar-refractivity contribution in [1.29, 1.82) is 0 Å². The van der Waals surface area contributed by atoms with Crippen LogP contribution in [0.1, 0.15) is 72.6 Å². The Morgan fingerprint density at radius 2 is 1.96 bits per heavy atom. The number of rotatable bonds is 2. The third-order valence-electron chi connectivity index (χ3n) is 7.36. The van der Waals surface area contributed by atoms with Crippen molar-refractivity contribution in [3.05, 3.63) is 46.6 Å². The molecule has 0 unspecified atom stereocenters. The van der Waals surface area contributed by atoms with E-state index in [1.165, 1.54) is 32.1 Å². The highest BCUT2D eigenvalue weighted by Gasteiger charge is 2.46. The summed E-state index contributed by atoms with van der Waals surface area (Å²) in [7, 11) is 0. The van der Waals surface area contributed by atoms with Gasteiger partial charge in [-0.1, -0.05) is 56.2 Å². The molecule has 0 aromatic rings. The molecule has 2 heteroatoms. The lowest BCUT2D eigenvalue weighted by atomic mass is 9.64. The third kappa shape index (κ3) is 3.51. The average Bonchev–Trinajstić information content (AvgIpc) is 2.93. The fourth-order valence-corrected chi connectivity index (χ4v) is 5.52. The van der Waals surface area contributed by atoms with Crippen LogP contribution in [0, 0.1) is 17.3 Å². The lowest BCUT2D eigenvalue weighted by molar-refractivity contribution is 0.0862. The van der Waals surface area contributed by atoms with Crippen LogP contribution in [0.4, 0.5) is 0 Å². The zero-order chi connectivity index (χ0) is 19.1. The molecular formula is C24H36O2. The van der Waals surface area contributed by atoms with E-state index >= 15 is 0 Å². The molecule has 3 aliphatic rings. The van der Waals surface area contributed by atoms with Gasteiger partial charge in [-0.3, -0.25) is 0 Å². The molecule has 4 atom stereocenters. The van der Waals surface area contributed by atoms with Crippen molar-refractivity contribution >= 4 is 0 Å². The van der Waals surface area contributed by atoms with Crippen LogP contribution in [0.5, 0.6) is 0 Å². The van der Waals surface area contributed by atoms with Gasteiger partial charge in [-0.05, 0) is 73.8 Å². The van der Waals surface area contributed by atoms with Gasteiger partial charge in [0, 0.05) is 6.42 Å². The Bertz CT molecular complexity index is 664. The van der Waals surface area contributed by atoms with Gasteiger partial charge in [-0.15, -0.1) is 0 Å². The van der Waals surface area contributed by atoms with E-state index in [1.807, 2.05) is 0 Å². The largest absolute Gasteiger partial charge is 0.393 e. The van der Waals surface area contributed by atoms with E-state index in [-0.39, 0.29) is 0 Å². The van der Waals surface area contributed by atoms with Crippen molar-refractivity contribution in [3.63, 3.8) is 0 Å². The van der Waals surface area contributed by atoms with Gasteiger partial charge in [0.2, 0.25) is 0 Å². The second-order valence-electron chi connectivity index (χ2n) is 9.25. The average molecular weight is 357 g/mol. The molecule has 3 fully saturated rings. The minimum absolute atomic E-state index is 0.319. The van der Waals surface area contributed by atoms with E-state index in [0.717, 1.165) is 11.1 Å². The van der Waals surface area contributed by atoms with Crippen molar-refractivity contribution in [2.24, 2.45) is 17.3 Å². The first-order valence-corrected chi connectivity index (χ1v) is 10.4. The van der Waals surface area contributed by atoms with Crippen LogP contribution in [0.25, 0.3) is 0 Å². The Kier molecular flexibility index (Phi) is 5.65. The standard InChI is InChI=1S/C24H36O2/c1-15(2)16(3)21-10-11-22-18(7-6-12-24(21,22)5)8-9-19-13-20(25)14-23(26)17(19)4/h8-9,15,20,22-23,25-26H,4,6-7,10-14H2,1-3,5H3/b18-8+,19-9-,21-16+/t20-,22+,23+,24-/m1/s1. The molecule has 0 heterocycles. The monoisotopic (exact) mass is 356 g/mol. The van der Waals surface area contributed by atoms with Crippen LogP contribution < -0.4 is 0 Å². The molecule has 0 spiro atoms. The fourth-order valence-electron chi connectivity index (χ4n) is 5.52. The molecule has 144 valence electrons. The summed E-state index contributed by atoms with van der Waals surface area (Å²) in [5, 5.41) is 20.0. The van der Waals surface area contributed by atoms with Crippen molar-refractivity contribution in [2.75, 3.05) is 0 Å². The number of hydrogen-bond donors (Lipinski definition) is 2. The van der Waals surface area contributed by atoms with Crippen molar-refractivity contribution in [1.82, 2.24) is 0 Å². The topological polar surface area (TPSA) is 40.5 Å². The van der Waals surface area contributed by atoms with Gasteiger partial charge < -0.3 is 10.2 Å². The molecule has 0 aliphatic heterocycles. The molecule has 26 heavy (non-hydrogen) atoms. The fraction of sp³-hybridized carbons (Fsp3) is 0.667. The summed E-state index contributed by atoms with van der Waals surface area (Å²) in [6.45, 7) is 13.5. The highest BCUT2D eigenvalue weighted by molar-refractivity contribution is 5.40. The van der Waals surface area contributed by atoms with Gasteiger partial charge >= 0.3 is 0 Å². The van der Waals surface area contributed by atoms with Crippen LogP contribution >= 0.6 is 0 Å². The molecule has 2 N–H and O–H groups in total. The maximum Gasteiger partial charge on any atom is 0.0811 e. The van der Waals surface area contributed by atoms with E-state index in [0.29, 0.717) is 30.1 Å². The maximum absolute atomic E-state index is 10.1.